The molecule has 1 atom stereocenters. The van der Waals surface area contributed by atoms with Crippen molar-refractivity contribution in [3.8, 4) is 0 Å². The highest BCUT2D eigenvalue weighted by Crippen LogP contribution is 1.98. The van der Waals surface area contributed by atoms with Crippen LogP contribution in [0, 0.1) is 5.92 Å². The van der Waals surface area contributed by atoms with Gasteiger partial charge in [-0.3, -0.25) is 14.9 Å². The minimum Gasteiger partial charge on any atom is -0.348 e. The number of imidazole rings is 1. The molecule has 0 bridgehead atoms. The van der Waals surface area contributed by atoms with Gasteiger partial charge < -0.3 is 10.7 Å². The number of aromatic amines is 1. The number of carbonyl (C=O) groups is 2. The predicted molar refractivity (Wildman–Crippen MR) is 58.3 cm³/mol. The van der Waals surface area contributed by atoms with E-state index in [1.807, 2.05) is 13.8 Å². The summed E-state index contributed by atoms with van der Waals surface area (Å²) < 4.78 is 0. The largest absolute Gasteiger partial charge is 0.348 e. The Labute approximate surface area is 93.6 Å². The molecule has 1 aromatic rings. The fourth-order valence-electron chi connectivity index (χ4n) is 1.12. The second-order valence-electron chi connectivity index (χ2n) is 3.94. The molecule has 6 nitrogen and oxygen atoms in total. The van der Waals surface area contributed by atoms with E-state index in [9.17, 15) is 9.59 Å². The van der Waals surface area contributed by atoms with Crippen LogP contribution in [0.2, 0.25) is 0 Å². The summed E-state index contributed by atoms with van der Waals surface area (Å²) in [5, 5.41) is 2.25. The van der Waals surface area contributed by atoms with E-state index in [0.717, 1.165) is 0 Å². The van der Waals surface area contributed by atoms with E-state index in [2.05, 4.69) is 15.3 Å². The standard InChI is InChI=1S/C10H16N4O2/c1-6(2)9(11)10(16)14-8(15)3-7-4-12-5-13-7/h4-6,9H,3,11H2,1-2H3,(H,12,13)(H,14,15,16)/t9-/m0/s1. The summed E-state index contributed by atoms with van der Waals surface area (Å²) in [5.41, 5.74) is 6.25. The van der Waals surface area contributed by atoms with Crippen LogP contribution < -0.4 is 11.1 Å². The third kappa shape index (κ3) is 3.47. The number of nitrogens with two attached hydrogens (primary N) is 1. The third-order valence-corrected chi connectivity index (χ3v) is 2.19. The van der Waals surface area contributed by atoms with E-state index in [4.69, 9.17) is 5.73 Å². The summed E-state index contributed by atoms with van der Waals surface area (Å²) in [6, 6.07) is -0.661. The maximum absolute atomic E-state index is 11.4. The first kappa shape index (κ1) is 12.4. The molecule has 0 aliphatic heterocycles. The van der Waals surface area contributed by atoms with Crippen LogP contribution in [0.25, 0.3) is 0 Å². The molecular weight excluding hydrogens is 208 g/mol. The van der Waals surface area contributed by atoms with E-state index in [1.165, 1.54) is 12.5 Å². The molecule has 0 aliphatic rings. The molecule has 1 heterocycles. The number of nitrogens with zero attached hydrogens (tertiary/aromatic N) is 1. The van der Waals surface area contributed by atoms with E-state index in [1.54, 1.807) is 0 Å². The normalized spacial score (nSPS) is 12.5. The molecule has 0 radical (unpaired) electrons. The SMILES string of the molecule is CC(C)[C@H](N)C(=O)NC(=O)Cc1cnc[nH]1. The Morgan fingerprint density at radius 1 is 1.56 bits per heavy atom. The molecule has 0 saturated heterocycles. The fourth-order valence-corrected chi connectivity index (χ4v) is 1.12. The summed E-state index contributed by atoms with van der Waals surface area (Å²) in [6.45, 7) is 3.65. The molecule has 0 saturated carbocycles. The number of nitrogens with one attached hydrogen (secondary N) is 2. The van der Waals surface area contributed by atoms with E-state index >= 15 is 0 Å². The van der Waals surface area contributed by atoms with Crippen molar-refractivity contribution in [1.82, 2.24) is 15.3 Å². The molecule has 88 valence electrons. The van der Waals surface area contributed by atoms with Crippen molar-refractivity contribution < 1.29 is 9.59 Å². The highest BCUT2D eigenvalue weighted by Gasteiger charge is 2.19. The van der Waals surface area contributed by atoms with Crippen LogP contribution in [0.5, 0.6) is 0 Å². The molecule has 0 fully saturated rings. The molecule has 0 aromatic carbocycles. The number of carbonyl (C=O) groups excluding carboxylic acids is 2. The molecule has 2 amide bonds. The first-order valence-electron chi connectivity index (χ1n) is 5.07. The minimum atomic E-state index is -0.661. The van der Waals surface area contributed by atoms with Gasteiger partial charge in [0.25, 0.3) is 0 Å². The Balaban J connectivity index is 2.43. The van der Waals surface area contributed by atoms with E-state index in [-0.39, 0.29) is 18.2 Å². The van der Waals surface area contributed by atoms with Crippen molar-refractivity contribution >= 4 is 11.8 Å². The van der Waals surface area contributed by atoms with Crippen LogP contribution in [-0.2, 0) is 16.0 Å². The lowest BCUT2D eigenvalue weighted by atomic mass is 10.1. The second kappa shape index (κ2) is 5.41. The van der Waals surface area contributed by atoms with Crippen molar-refractivity contribution in [2.75, 3.05) is 0 Å². The Morgan fingerprint density at radius 2 is 2.25 bits per heavy atom. The van der Waals surface area contributed by atoms with Crippen molar-refractivity contribution in [1.29, 1.82) is 0 Å². The van der Waals surface area contributed by atoms with E-state index < -0.39 is 11.9 Å². The second-order valence-corrected chi connectivity index (χ2v) is 3.94. The zero-order valence-corrected chi connectivity index (χ0v) is 9.36. The first-order valence-corrected chi connectivity index (χ1v) is 5.07. The van der Waals surface area contributed by atoms with Gasteiger partial charge in [-0.2, -0.15) is 0 Å². The highest BCUT2D eigenvalue weighted by atomic mass is 16.2. The van der Waals surface area contributed by atoms with E-state index in [0.29, 0.717) is 5.69 Å². The molecule has 1 rings (SSSR count). The van der Waals surface area contributed by atoms with Crippen LogP contribution in [0.15, 0.2) is 12.5 Å². The Hall–Kier alpha value is -1.69. The molecule has 1 aromatic heterocycles. The molecule has 16 heavy (non-hydrogen) atoms. The van der Waals surface area contributed by atoms with Gasteiger partial charge in [-0.15, -0.1) is 0 Å². The van der Waals surface area contributed by atoms with Gasteiger partial charge >= 0.3 is 0 Å². The summed E-state index contributed by atoms with van der Waals surface area (Å²) in [7, 11) is 0. The fraction of sp³-hybridized carbons (Fsp3) is 0.500. The smallest absolute Gasteiger partial charge is 0.243 e. The van der Waals surface area contributed by atoms with Crippen molar-refractivity contribution in [3.05, 3.63) is 18.2 Å². The monoisotopic (exact) mass is 224 g/mol. The molecular formula is C10H16N4O2. The number of imide groups is 1. The predicted octanol–water partition coefficient (Wildman–Crippen LogP) is -0.422. The van der Waals surface area contributed by atoms with Gasteiger partial charge in [-0.05, 0) is 5.92 Å². The molecule has 0 unspecified atom stereocenters. The Morgan fingerprint density at radius 3 is 2.75 bits per heavy atom. The number of rotatable bonds is 4. The average Bonchev–Trinajstić information content (AvgIpc) is 2.68. The lowest BCUT2D eigenvalue weighted by molar-refractivity contribution is -0.131. The molecule has 6 heteroatoms. The van der Waals surface area contributed by atoms with Gasteiger partial charge in [0.15, 0.2) is 0 Å². The van der Waals surface area contributed by atoms with Gasteiger partial charge in [-0.25, -0.2) is 4.98 Å². The topological polar surface area (TPSA) is 101 Å². The van der Waals surface area contributed by atoms with Crippen molar-refractivity contribution in [3.63, 3.8) is 0 Å². The van der Waals surface area contributed by atoms with Gasteiger partial charge in [0.05, 0.1) is 18.8 Å². The number of amides is 2. The molecule has 0 spiro atoms. The summed E-state index contributed by atoms with van der Waals surface area (Å²) in [5.74, 6) is -0.829. The van der Waals surface area contributed by atoms with Gasteiger partial charge in [-0.1, -0.05) is 13.8 Å². The third-order valence-electron chi connectivity index (χ3n) is 2.19. The van der Waals surface area contributed by atoms with Crippen LogP contribution in [-0.4, -0.2) is 27.8 Å². The van der Waals surface area contributed by atoms with Crippen LogP contribution in [0.3, 0.4) is 0 Å². The lowest BCUT2D eigenvalue weighted by Gasteiger charge is -2.14. The molecule has 0 aliphatic carbocycles. The van der Waals surface area contributed by atoms with Gasteiger partial charge in [0.2, 0.25) is 11.8 Å². The number of H-pyrrole nitrogens is 1. The zero-order chi connectivity index (χ0) is 12.1. The van der Waals surface area contributed by atoms with Gasteiger partial charge in [0.1, 0.15) is 0 Å². The lowest BCUT2D eigenvalue weighted by Crippen LogP contribution is -2.46. The number of aromatic nitrogens is 2. The van der Waals surface area contributed by atoms with Crippen LogP contribution in [0.4, 0.5) is 0 Å². The maximum Gasteiger partial charge on any atom is 0.243 e. The average molecular weight is 224 g/mol. The quantitative estimate of drug-likeness (QED) is 0.646. The van der Waals surface area contributed by atoms with Crippen molar-refractivity contribution in [2.24, 2.45) is 11.7 Å². The summed E-state index contributed by atoms with van der Waals surface area (Å²) in [4.78, 5) is 29.4. The zero-order valence-electron chi connectivity index (χ0n) is 9.36. The maximum atomic E-state index is 11.4. The summed E-state index contributed by atoms with van der Waals surface area (Å²) >= 11 is 0. The van der Waals surface area contributed by atoms with Crippen molar-refractivity contribution in [2.45, 2.75) is 26.3 Å². The highest BCUT2D eigenvalue weighted by molar-refractivity contribution is 5.98. The number of hydrogen-bond acceptors (Lipinski definition) is 4. The first-order chi connectivity index (χ1) is 7.50. The molecule has 4 N–H and O–H groups in total. The van der Waals surface area contributed by atoms with Crippen LogP contribution in [0.1, 0.15) is 19.5 Å². The minimum absolute atomic E-state index is 0.0000422. The van der Waals surface area contributed by atoms with Crippen LogP contribution >= 0.6 is 0 Å². The van der Waals surface area contributed by atoms with Gasteiger partial charge in [0, 0.05) is 11.9 Å². The summed E-state index contributed by atoms with van der Waals surface area (Å²) in [6.07, 6.45) is 3.10. The number of hydrogen-bond donors (Lipinski definition) is 3. The Kier molecular flexibility index (Phi) is 4.19. The Bertz CT molecular complexity index is 359.